The number of pyridine rings is 2. The standard InChI is InChI=1S/C41H52ClN7O4S/c1-40(2,3)53-39(51)48-27-29(26-41(48,4)5)18-20-32(30-14-7-6-8-15-30)43-33-16-11-17-36(44-33)54-47-38(50)31-19-21-34(45-37(31)42)49-24-22-35(46-49)52-25-23-28-12-9-10-13-28/h6-8,11,14-17,19,21-22,24,28-29,32H,9-10,12-13,18,20,23,25-27H2,1-5H3,(H,43,44)(H,47,50)/t29-,32?/m0/s1. The van der Waals surface area contributed by atoms with Crippen LogP contribution in [-0.2, 0) is 4.74 Å². The summed E-state index contributed by atoms with van der Waals surface area (Å²) in [7, 11) is 0. The third-order valence-electron chi connectivity index (χ3n) is 10.1. The minimum atomic E-state index is -0.540. The van der Waals surface area contributed by atoms with Crippen LogP contribution in [0.5, 0.6) is 5.88 Å². The van der Waals surface area contributed by atoms with E-state index in [-0.39, 0.29) is 34.3 Å². The summed E-state index contributed by atoms with van der Waals surface area (Å²) in [6, 6.07) is 21.1. The first-order valence-corrected chi connectivity index (χ1v) is 20.1. The fraction of sp³-hybridized carbons (Fsp3) is 0.488. The van der Waals surface area contributed by atoms with Crippen molar-refractivity contribution in [2.24, 2.45) is 11.8 Å². The molecule has 288 valence electrons. The summed E-state index contributed by atoms with van der Waals surface area (Å²) < 4.78 is 16.0. The summed E-state index contributed by atoms with van der Waals surface area (Å²) in [6.45, 7) is 11.2. The fourth-order valence-electron chi connectivity index (χ4n) is 7.38. The molecule has 4 aromatic rings. The molecule has 6 rings (SSSR count). The van der Waals surface area contributed by atoms with E-state index >= 15 is 0 Å². The summed E-state index contributed by atoms with van der Waals surface area (Å²) in [6.07, 6.45) is 10.4. The third-order valence-corrected chi connectivity index (χ3v) is 11.1. The van der Waals surface area contributed by atoms with Crippen LogP contribution in [0.2, 0.25) is 5.15 Å². The molecule has 2 atom stereocenters. The summed E-state index contributed by atoms with van der Waals surface area (Å²) in [4.78, 5) is 37.3. The summed E-state index contributed by atoms with van der Waals surface area (Å²) in [5.74, 6) is 2.41. The molecule has 1 unspecified atom stereocenters. The van der Waals surface area contributed by atoms with Crippen molar-refractivity contribution in [3.63, 3.8) is 0 Å². The Morgan fingerprint density at radius 2 is 1.76 bits per heavy atom. The number of benzene rings is 1. The lowest BCUT2D eigenvalue weighted by atomic mass is 9.90. The molecule has 4 heterocycles. The highest BCUT2D eigenvalue weighted by atomic mass is 35.5. The number of rotatable bonds is 14. The second kappa shape index (κ2) is 17.5. The zero-order valence-corrected chi connectivity index (χ0v) is 33.5. The Labute approximate surface area is 328 Å². The number of anilines is 1. The van der Waals surface area contributed by atoms with Crippen molar-refractivity contribution < 1.29 is 19.1 Å². The molecule has 2 amide bonds. The van der Waals surface area contributed by atoms with Crippen LogP contribution < -0.4 is 14.8 Å². The minimum Gasteiger partial charge on any atom is -0.477 e. The second-order valence-corrected chi connectivity index (χ2v) is 17.1. The Hall–Kier alpha value is -4.29. The van der Waals surface area contributed by atoms with Gasteiger partial charge in [0, 0.05) is 36.3 Å². The number of amides is 2. The Morgan fingerprint density at radius 3 is 2.50 bits per heavy atom. The molecule has 13 heteroatoms. The van der Waals surface area contributed by atoms with Crippen molar-refractivity contribution in [3.05, 3.63) is 89.2 Å². The summed E-state index contributed by atoms with van der Waals surface area (Å²) in [5, 5.41) is 8.79. The van der Waals surface area contributed by atoms with Gasteiger partial charge in [0.1, 0.15) is 21.6 Å². The largest absolute Gasteiger partial charge is 0.477 e. The summed E-state index contributed by atoms with van der Waals surface area (Å²) >= 11 is 7.61. The quantitative estimate of drug-likeness (QED) is 0.0952. The number of hydrogen-bond acceptors (Lipinski definition) is 9. The molecule has 3 aromatic heterocycles. The maximum absolute atomic E-state index is 13.2. The molecule has 1 aliphatic heterocycles. The molecule has 2 N–H and O–H groups in total. The van der Waals surface area contributed by atoms with Crippen LogP contribution in [0.1, 0.15) is 108 Å². The first-order chi connectivity index (χ1) is 25.8. The Bertz CT molecular complexity index is 1880. The van der Waals surface area contributed by atoms with E-state index in [1.54, 1.807) is 29.1 Å². The maximum atomic E-state index is 13.2. The molecular formula is C41H52ClN7O4S. The van der Waals surface area contributed by atoms with E-state index in [9.17, 15) is 9.59 Å². The van der Waals surface area contributed by atoms with Gasteiger partial charge in [-0.05, 0) is 102 Å². The number of halogens is 1. The lowest BCUT2D eigenvalue weighted by Crippen LogP contribution is -2.45. The average molecular weight is 774 g/mol. The molecule has 54 heavy (non-hydrogen) atoms. The second-order valence-electron chi connectivity index (χ2n) is 15.9. The molecule has 1 saturated heterocycles. The van der Waals surface area contributed by atoms with E-state index in [0.717, 1.165) is 49.1 Å². The normalized spacial score (nSPS) is 17.7. The Balaban J connectivity index is 1.03. The molecule has 0 bridgehead atoms. The predicted molar refractivity (Wildman–Crippen MR) is 213 cm³/mol. The highest BCUT2D eigenvalue weighted by Gasteiger charge is 2.43. The van der Waals surface area contributed by atoms with Crippen LogP contribution in [0.3, 0.4) is 0 Å². The molecule has 1 aliphatic carbocycles. The number of ether oxygens (including phenoxy) is 2. The van der Waals surface area contributed by atoms with E-state index in [2.05, 4.69) is 46.1 Å². The van der Waals surface area contributed by atoms with E-state index in [1.165, 1.54) is 25.7 Å². The SMILES string of the molecule is CC(C)(C)OC(=O)N1C[C@@H](CCC(Nc2cccc(SNC(=O)c3ccc(-n4ccc(OCCC5CCCC5)n4)nc3Cl)n2)c2ccccc2)CC1(C)C. The zero-order valence-electron chi connectivity index (χ0n) is 31.9. The van der Waals surface area contributed by atoms with E-state index in [1.807, 2.05) is 62.1 Å². The summed E-state index contributed by atoms with van der Waals surface area (Å²) in [5.41, 5.74) is 0.569. The first-order valence-electron chi connectivity index (χ1n) is 18.9. The van der Waals surface area contributed by atoms with Crippen LogP contribution in [0.4, 0.5) is 10.6 Å². The molecule has 0 radical (unpaired) electrons. The average Bonchev–Trinajstić information content (AvgIpc) is 3.89. The lowest BCUT2D eigenvalue weighted by molar-refractivity contribution is 0.0130. The van der Waals surface area contributed by atoms with Gasteiger partial charge in [0.25, 0.3) is 5.91 Å². The molecule has 11 nitrogen and oxygen atoms in total. The van der Waals surface area contributed by atoms with E-state index in [4.69, 9.17) is 26.1 Å². The van der Waals surface area contributed by atoms with Crippen molar-refractivity contribution >= 4 is 41.4 Å². The minimum absolute atomic E-state index is 0.00928. The number of nitrogens with one attached hydrogen (secondary N) is 2. The molecule has 1 aromatic carbocycles. The first kappa shape index (κ1) is 39.4. The van der Waals surface area contributed by atoms with Crippen molar-refractivity contribution in [3.8, 4) is 11.7 Å². The molecule has 0 spiro atoms. The monoisotopic (exact) mass is 773 g/mol. The van der Waals surface area contributed by atoms with Gasteiger partial charge >= 0.3 is 6.09 Å². The van der Waals surface area contributed by atoms with E-state index in [0.29, 0.717) is 41.6 Å². The van der Waals surface area contributed by atoms with Gasteiger partial charge in [0.05, 0.1) is 18.2 Å². The van der Waals surface area contributed by atoms with Crippen molar-refractivity contribution in [1.82, 2.24) is 29.4 Å². The highest BCUT2D eigenvalue weighted by Crippen LogP contribution is 2.38. The van der Waals surface area contributed by atoms with Gasteiger partial charge in [-0.2, -0.15) is 0 Å². The Morgan fingerprint density at radius 1 is 0.981 bits per heavy atom. The van der Waals surface area contributed by atoms with Gasteiger partial charge < -0.3 is 19.7 Å². The topological polar surface area (TPSA) is 124 Å². The van der Waals surface area contributed by atoms with Crippen molar-refractivity contribution in [1.29, 1.82) is 0 Å². The van der Waals surface area contributed by atoms with Crippen LogP contribution in [-0.4, -0.2) is 60.9 Å². The van der Waals surface area contributed by atoms with Gasteiger partial charge in [-0.15, -0.1) is 5.10 Å². The number of likely N-dealkylation sites (tertiary alicyclic amines) is 1. The molecule has 2 aliphatic rings. The van der Waals surface area contributed by atoms with Crippen LogP contribution in [0.15, 0.2) is 78.0 Å². The van der Waals surface area contributed by atoms with Gasteiger partial charge in [-0.3, -0.25) is 9.52 Å². The molecule has 1 saturated carbocycles. The van der Waals surface area contributed by atoms with Crippen LogP contribution in [0, 0.1) is 11.8 Å². The fourth-order valence-corrected chi connectivity index (χ4v) is 8.21. The number of aromatic nitrogens is 4. The van der Waals surface area contributed by atoms with Crippen LogP contribution >= 0.6 is 23.5 Å². The maximum Gasteiger partial charge on any atom is 0.410 e. The smallest absolute Gasteiger partial charge is 0.410 e. The number of hydrogen-bond donors (Lipinski definition) is 2. The zero-order chi connectivity index (χ0) is 38.3. The van der Waals surface area contributed by atoms with E-state index < -0.39 is 5.60 Å². The third kappa shape index (κ3) is 10.7. The van der Waals surface area contributed by atoms with Gasteiger partial charge in [-0.1, -0.05) is 73.7 Å². The van der Waals surface area contributed by atoms with Crippen molar-refractivity contribution in [2.45, 2.75) is 108 Å². The number of carbonyl (C=O) groups is 2. The van der Waals surface area contributed by atoms with Gasteiger partial charge in [-0.25, -0.2) is 19.4 Å². The number of nitrogens with zero attached hydrogens (tertiary/aromatic N) is 5. The predicted octanol–water partition coefficient (Wildman–Crippen LogP) is 9.68. The lowest BCUT2D eigenvalue weighted by Gasteiger charge is -2.33. The highest BCUT2D eigenvalue weighted by molar-refractivity contribution is 7.97. The molecular weight excluding hydrogens is 722 g/mol. The van der Waals surface area contributed by atoms with Gasteiger partial charge in [0.15, 0.2) is 5.82 Å². The van der Waals surface area contributed by atoms with Gasteiger partial charge in [0.2, 0.25) is 5.88 Å². The number of carbonyl (C=O) groups excluding carboxylic acids is 2. The Kier molecular flexibility index (Phi) is 12.7. The van der Waals surface area contributed by atoms with Crippen LogP contribution in [0.25, 0.3) is 5.82 Å². The molecule has 2 fully saturated rings. The van der Waals surface area contributed by atoms with Crippen molar-refractivity contribution in [2.75, 3.05) is 18.5 Å².